The van der Waals surface area contributed by atoms with E-state index in [1.54, 1.807) is 0 Å². The molecule has 0 atom stereocenters. The van der Waals surface area contributed by atoms with E-state index >= 15 is 0 Å². The van der Waals surface area contributed by atoms with Gasteiger partial charge in [-0.3, -0.25) is 5.10 Å². The number of aromatic amines is 1. The highest BCUT2D eigenvalue weighted by atomic mass is 16.2. The van der Waals surface area contributed by atoms with Crippen LogP contribution >= 0.6 is 0 Å². The maximum Gasteiger partial charge on any atom is 0.317 e. The Morgan fingerprint density at radius 1 is 1.15 bits per heavy atom. The van der Waals surface area contributed by atoms with Gasteiger partial charge in [0.2, 0.25) is 0 Å². The second kappa shape index (κ2) is 9.55. The van der Waals surface area contributed by atoms with E-state index in [1.165, 1.54) is 5.56 Å². The van der Waals surface area contributed by atoms with Gasteiger partial charge in [-0.1, -0.05) is 30.3 Å². The summed E-state index contributed by atoms with van der Waals surface area (Å²) in [5.41, 5.74) is 4.46. The quantitative estimate of drug-likeness (QED) is 0.823. The Hall–Kier alpha value is -2.34. The summed E-state index contributed by atoms with van der Waals surface area (Å²) in [5.74, 6) is 0. The molecular weight excluding hydrogens is 338 g/mol. The van der Waals surface area contributed by atoms with Crippen molar-refractivity contribution in [3.05, 3.63) is 52.8 Å². The van der Waals surface area contributed by atoms with Crippen LogP contribution in [0.25, 0.3) is 0 Å². The summed E-state index contributed by atoms with van der Waals surface area (Å²) in [6, 6.07) is 10.7. The first-order valence-corrected chi connectivity index (χ1v) is 9.93. The third kappa shape index (κ3) is 5.57. The van der Waals surface area contributed by atoms with E-state index in [4.69, 9.17) is 0 Å². The van der Waals surface area contributed by atoms with Gasteiger partial charge >= 0.3 is 6.03 Å². The number of urea groups is 1. The Morgan fingerprint density at radius 3 is 2.70 bits per heavy atom. The van der Waals surface area contributed by atoms with E-state index < -0.39 is 0 Å². The number of H-pyrrole nitrogens is 1. The van der Waals surface area contributed by atoms with Crippen LogP contribution in [0, 0.1) is 13.8 Å². The molecule has 1 saturated heterocycles. The lowest BCUT2D eigenvalue weighted by atomic mass is 10.1. The molecule has 146 valence electrons. The minimum Gasteiger partial charge on any atom is -0.334 e. The zero-order chi connectivity index (χ0) is 19.1. The summed E-state index contributed by atoms with van der Waals surface area (Å²) in [5, 5.41) is 10.2. The lowest BCUT2D eigenvalue weighted by Gasteiger charge is -2.22. The van der Waals surface area contributed by atoms with Gasteiger partial charge in [-0.05, 0) is 51.8 Å². The van der Waals surface area contributed by atoms with Gasteiger partial charge in [0, 0.05) is 37.4 Å². The van der Waals surface area contributed by atoms with Crippen LogP contribution < -0.4 is 5.32 Å². The molecule has 0 bridgehead atoms. The fourth-order valence-electron chi connectivity index (χ4n) is 3.66. The minimum absolute atomic E-state index is 0.0288. The number of aryl methyl sites for hydroxylation is 3. The van der Waals surface area contributed by atoms with Gasteiger partial charge in [0.1, 0.15) is 0 Å². The fourth-order valence-corrected chi connectivity index (χ4v) is 3.66. The van der Waals surface area contributed by atoms with Gasteiger partial charge in [0.05, 0.1) is 5.69 Å². The van der Waals surface area contributed by atoms with E-state index in [0.717, 1.165) is 68.9 Å². The molecule has 1 aromatic heterocycles. The molecule has 6 nitrogen and oxygen atoms in total. The molecule has 2 heterocycles. The van der Waals surface area contributed by atoms with Crippen molar-refractivity contribution in [3.8, 4) is 0 Å². The SMILES string of the molecule is Cc1n[nH]c(C)c1CNC(=O)N1CCCN(CCCc2ccccc2)CC1. The van der Waals surface area contributed by atoms with Crippen LogP contribution in [0.2, 0.25) is 0 Å². The topological polar surface area (TPSA) is 64.3 Å². The molecule has 2 aromatic rings. The highest BCUT2D eigenvalue weighted by molar-refractivity contribution is 5.74. The maximum atomic E-state index is 12.5. The molecule has 0 saturated carbocycles. The van der Waals surface area contributed by atoms with E-state index in [9.17, 15) is 4.79 Å². The molecule has 2 amide bonds. The molecule has 0 spiro atoms. The minimum atomic E-state index is 0.0288. The van der Waals surface area contributed by atoms with E-state index in [0.29, 0.717) is 6.54 Å². The van der Waals surface area contributed by atoms with E-state index in [1.807, 2.05) is 18.7 Å². The predicted molar refractivity (Wildman–Crippen MR) is 108 cm³/mol. The summed E-state index contributed by atoms with van der Waals surface area (Å²) in [7, 11) is 0. The van der Waals surface area contributed by atoms with Gasteiger partial charge in [-0.2, -0.15) is 5.10 Å². The Morgan fingerprint density at radius 2 is 1.96 bits per heavy atom. The van der Waals surface area contributed by atoms with Gasteiger partial charge < -0.3 is 15.1 Å². The van der Waals surface area contributed by atoms with Crippen LogP contribution in [0.4, 0.5) is 4.79 Å². The summed E-state index contributed by atoms with van der Waals surface area (Å²) in [6.45, 7) is 9.21. The Balaban J connectivity index is 1.40. The predicted octanol–water partition coefficient (Wildman–Crippen LogP) is 2.88. The number of nitrogens with zero attached hydrogens (tertiary/aromatic N) is 3. The number of benzene rings is 1. The van der Waals surface area contributed by atoms with Crippen LogP contribution in [-0.4, -0.2) is 58.8 Å². The molecule has 0 aliphatic carbocycles. The highest BCUT2D eigenvalue weighted by Crippen LogP contribution is 2.10. The Bertz CT molecular complexity index is 708. The molecule has 3 rings (SSSR count). The summed E-state index contributed by atoms with van der Waals surface area (Å²) >= 11 is 0. The van der Waals surface area contributed by atoms with Crippen LogP contribution in [0.5, 0.6) is 0 Å². The van der Waals surface area contributed by atoms with E-state index in [2.05, 4.69) is 50.7 Å². The first-order chi connectivity index (χ1) is 13.1. The third-order valence-electron chi connectivity index (χ3n) is 5.36. The maximum absolute atomic E-state index is 12.5. The van der Waals surface area contributed by atoms with Crippen molar-refractivity contribution in [1.29, 1.82) is 0 Å². The first-order valence-electron chi connectivity index (χ1n) is 9.93. The molecule has 1 aliphatic heterocycles. The molecule has 1 fully saturated rings. The van der Waals surface area contributed by atoms with Crippen molar-refractivity contribution in [3.63, 3.8) is 0 Å². The molecule has 1 aromatic carbocycles. The smallest absolute Gasteiger partial charge is 0.317 e. The summed E-state index contributed by atoms with van der Waals surface area (Å²) < 4.78 is 0. The number of nitrogens with one attached hydrogen (secondary N) is 2. The summed E-state index contributed by atoms with van der Waals surface area (Å²) in [4.78, 5) is 17.0. The van der Waals surface area contributed by atoms with Crippen LogP contribution in [-0.2, 0) is 13.0 Å². The standard InChI is InChI=1S/C21H31N5O/c1-17-20(18(2)24-23-17)16-22-21(27)26-13-7-12-25(14-15-26)11-6-10-19-8-4-3-5-9-19/h3-5,8-9H,6-7,10-16H2,1-2H3,(H,22,27)(H,23,24). The van der Waals surface area contributed by atoms with Crippen molar-refractivity contribution in [1.82, 2.24) is 25.3 Å². The second-order valence-corrected chi connectivity index (χ2v) is 7.34. The molecule has 27 heavy (non-hydrogen) atoms. The Labute approximate surface area is 161 Å². The number of carbonyl (C=O) groups is 1. The zero-order valence-corrected chi connectivity index (χ0v) is 16.5. The molecule has 1 aliphatic rings. The Kier molecular flexibility index (Phi) is 6.87. The molecule has 0 radical (unpaired) electrons. The number of amides is 2. The summed E-state index contributed by atoms with van der Waals surface area (Å²) in [6.07, 6.45) is 3.31. The molecule has 0 unspecified atom stereocenters. The fraction of sp³-hybridized carbons (Fsp3) is 0.524. The monoisotopic (exact) mass is 369 g/mol. The lowest BCUT2D eigenvalue weighted by Crippen LogP contribution is -2.42. The average Bonchev–Trinajstić information content (AvgIpc) is 2.87. The van der Waals surface area contributed by atoms with Crippen LogP contribution in [0.1, 0.15) is 35.4 Å². The van der Waals surface area contributed by atoms with Crippen molar-refractivity contribution in [2.24, 2.45) is 0 Å². The average molecular weight is 370 g/mol. The number of aromatic nitrogens is 2. The molecular formula is C21H31N5O. The van der Waals surface area contributed by atoms with Crippen LogP contribution in [0.15, 0.2) is 30.3 Å². The van der Waals surface area contributed by atoms with Crippen molar-refractivity contribution < 1.29 is 4.79 Å². The zero-order valence-electron chi connectivity index (χ0n) is 16.5. The highest BCUT2D eigenvalue weighted by Gasteiger charge is 2.19. The van der Waals surface area contributed by atoms with Crippen molar-refractivity contribution in [2.75, 3.05) is 32.7 Å². The molecule has 2 N–H and O–H groups in total. The third-order valence-corrected chi connectivity index (χ3v) is 5.36. The van der Waals surface area contributed by atoms with Gasteiger partial charge in [-0.15, -0.1) is 0 Å². The van der Waals surface area contributed by atoms with Gasteiger partial charge in [-0.25, -0.2) is 4.79 Å². The first kappa shape index (κ1) is 19.4. The number of carbonyl (C=O) groups excluding carboxylic acids is 1. The number of rotatable bonds is 6. The number of hydrogen-bond acceptors (Lipinski definition) is 3. The lowest BCUT2D eigenvalue weighted by molar-refractivity contribution is 0.197. The van der Waals surface area contributed by atoms with Gasteiger partial charge in [0.15, 0.2) is 0 Å². The largest absolute Gasteiger partial charge is 0.334 e. The van der Waals surface area contributed by atoms with E-state index in [-0.39, 0.29) is 6.03 Å². The normalized spacial score (nSPS) is 15.6. The van der Waals surface area contributed by atoms with Gasteiger partial charge in [0.25, 0.3) is 0 Å². The number of hydrogen-bond donors (Lipinski definition) is 2. The second-order valence-electron chi connectivity index (χ2n) is 7.34. The van der Waals surface area contributed by atoms with Crippen molar-refractivity contribution in [2.45, 2.75) is 39.7 Å². The van der Waals surface area contributed by atoms with Crippen molar-refractivity contribution >= 4 is 6.03 Å². The van der Waals surface area contributed by atoms with Crippen LogP contribution in [0.3, 0.4) is 0 Å². The molecule has 6 heteroatoms.